The Bertz CT molecular complexity index is 436. The van der Waals surface area contributed by atoms with Crippen LogP contribution in [0.2, 0.25) is 0 Å². The fourth-order valence-corrected chi connectivity index (χ4v) is 2.30. The van der Waals surface area contributed by atoms with Gasteiger partial charge in [-0.2, -0.15) is 0 Å². The summed E-state index contributed by atoms with van der Waals surface area (Å²) in [6.07, 6.45) is 1.10. The normalized spacial score (nSPS) is 17.7. The molecule has 2 heterocycles. The summed E-state index contributed by atoms with van der Waals surface area (Å²) in [5, 5.41) is 6.68. The molecule has 19 heavy (non-hydrogen) atoms. The van der Waals surface area contributed by atoms with Crippen LogP contribution in [0.15, 0.2) is 6.07 Å². The zero-order valence-electron chi connectivity index (χ0n) is 11.4. The lowest BCUT2D eigenvalue weighted by atomic mass is 10.1. The van der Waals surface area contributed by atoms with Crippen molar-refractivity contribution in [3.05, 3.63) is 22.9 Å². The number of pyridine rings is 1. The summed E-state index contributed by atoms with van der Waals surface area (Å²) < 4.78 is 4.76. The molecule has 1 atom stereocenters. The van der Waals surface area contributed by atoms with Gasteiger partial charge in [0, 0.05) is 12.6 Å². The second kappa shape index (κ2) is 6.73. The zero-order valence-corrected chi connectivity index (χ0v) is 12.3. The van der Waals surface area contributed by atoms with Gasteiger partial charge in [-0.05, 0) is 38.4 Å². The van der Waals surface area contributed by atoms with E-state index >= 15 is 0 Å². The van der Waals surface area contributed by atoms with Gasteiger partial charge in [0.15, 0.2) is 0 Å². The number of aromatic nitrogens is 1. The lowest BCUT2D eigenvalue weighted by molar-refractivity contribution is 0.0598. The van der Waals surface area contributed by atoms with E-state index < -0.39 is 0 Å². The van der Waals surface area contributed by atoms with Gasteiger partial charge in [-0.25, -0.2) is 9.78 Å². The minimum atomic E-state index is -0.327. The van der Waals surface area contributed by atoms with Crippen molar-refractivity contribution in [2.75, 3.05) is 25.5 Å². The maximum atomic E-state index is 11.6. The lowest BCUT2D eigenvalue weighted by Crippen LogP contribution is -2.23. The molecule has 0 bridgehead atoms. The number of carbonyl (C=O) groups is 1. The van der Waals surface area contributed by atoms with Gasteiger partial charge in [-0.3, -0.25) is 0 Å². The number of hydrogen-bond acceptors (Lipinski definition) is 5. The van der Waals surface area contributed by atoms with E-state index in [4.69, 9.17) is 4.74 Å². The predicted molar refractivity (Wildman–Crippen MR) is 77.2 cm³/mol. The molecular weight excluding hydrogens is 266 g/mol. The van der Waals surface area contributed by atoms with Gasteiger partial charge in [0.05, 0.1) is 18.4 Å². The van der Waals surface area contributed by atoms with Crippen molar-refractivity contribution in [2.24, 2.45) is 0 Å². The number of nitrogens with one attached hydrogen (secondary N) is 2. The number of aryl methyl sites for hydroxylation is 2. The van der Waals surface area contributed by atoms with Crippen molar-refractivity contribution in [3.8, 4) is 0 Å². The van der Waals surface area contributed by atoms with Crippen molar-refractivity contribution in [3.63, 3.8) is 0 Å². The Morgan fingerprint density at radius 3 is 2.79 bits per heavy atom. The zero-order chi connectivity index (χ0) is 13.1. The van der Waals surface area contributed by atoms with Crippen molar-refractivity contribution in [1.82, 2.24) is 10.3 Å². The Kier molecular flexibility index (Phi) is 5.57. The first-order chi connectivity index (χ1) is 8.61. The van der Waals surface area contributed by atoms with E-state index in [-0.39, 0.29) is 18.4 Å². The molecule has 2 N–H and O–H groups in total. The Morgan fingerprint density at radius 2 is 2.26 bits per heavy atom. The van der Waals surface area contributed by atoms with Crippen LogP contribution in [-0.2, 0) is 4.74 Å². The average Bonchev–Trinajstić information content (AvgIpc) is 2.80. The second-order valence-electron chi connectivity index (χ2n) is 4.61. The van der Waals surface area contributed by atoms with E-state index in [9.17, 15) is 4.79 Å². The number of methoxy groups -OCH3 is 1. The maximum absolute atomic E-state index is 11.6. The number of ether oxygens (including phenoxy) is 1. The topological polar surface area (TPSA) is 63.2 Å². The van der Waals surface area contributed by atoms with Gasteiger partial charge >= 0.3 is 5.97 Å². The quantitative estimate of drug-likeness (QED) is 0.828. The molecule has 1 saturated heterocycles. The fourth-order valence-electron chi connectivity index (χ4n) is 2.30. The molecule has 0 spiro atoms. The standard InChI is InChI=1S/C13H19N3O2.ClH/c1-8-6-11(16-10-4-5-14-7-10)15-9(2)12(8)13(17)18-3;/h6,10,14H,4-5,7H2,1-3H3,(H,15,16);1H/t10-;/m0./s1. The molecule has 2 rings (SSSR count). The van der Waals surface area contributed by atoms with Crippen LogP contribution in [0.1, 0.15) is 28.0 Å². The second-order valence-corrected chi connectivity index (χ2v) is 4.61. The average molecular weight is 286 g/mol. The number of carbonyl (C=O) groups excluding carboxylic acids is 1. The molecule has 0 aliphatic carbocycles. The van der Waals surface area contributed by atoms with Crippen LogP contribution in [0.3, 0.4) is 0 Å². The summed E-state index contributed by atoms with van der Waals surface area (Å²) in [5.74, 6) is 0.498. The van der Waals surface area contributed by atoms with Crippen molar-refractivity contribution < 1.29 is 9.53 Å². The molecule has 0 amide bonds. The summed E-state index contributed by atoms with van der Waals surface area (Å²) in [6, 6.07) is 2.32. The number of esters is 1. The van der Waals surface area contributed by atoms with Gasteiger partial charge in [0.1, 0.15) is 5.82 Å². The molecule has 5 nitrogen and oxygen atoms in total. The predicted octanol–water partition coefficient (Wildman–Crippen LogP) is 1.68. The third kappa shape index (κ3) is 3.58. The molecule has 0 radical (unpaired) electrons. The molecule has 0 saturated carbocycles. The summed E-state index contributed by atoms with van der Waals surface area (Å²) in [4.78, 5) is 16.0. The fraction of sp³-hybridized carbons (Fsp3) is 0.538. The highest BCUT2D eigenvalue weighted by atomic mass is 35.5. The molecular formula is C13H20ClN3O2. The summed E-state index contributed by atoms with van der Waals surface area (Å²) in [7, 11) is 1.39. The highest BCUT2D eigenvalue weighted by molar-refractivity contribution is 5.92. The van der Waals surface area contributed by atoms with Gasteiger partial charge in [-0.1, -0.05) is 0 Å². The van der Waals surface area contributed by atoms with Crippen molar-refractivity contribution in [2.45, 2.75) is 26.3 Å². The smallest absolute Gasteiger partial charge is 0.339 e. The third-order valence-electron chi connectivity index (χ3n) is 3.20. The van der Waals surface area contributed by atoms with Crippen LogP contribution in [0.25, 0.3) is 0 Å². The minimum absolute atomic E-state index is 0. The van der Waals surface area contributed by atoms with Crippen LogP contribution < -0.4 is 10.6 Å². The lowest BCUT2D eigenvalue weighted by Gasteiger charge is -2.15. The van der Waals surface area contributed by atoms with Gasteiger partial charge in [0.2, 0.25) is 0 Å². The molecule has 1 aliphatic rings. The molecule has 1 aromatic heterocycles. The van der Waals surface area contributed by atoms with Crippen molar-refractivity contribution >= 4 is 24.2 Å². The Balaban J connectivity index is 0.00000180. The minimum Gasteiger partial charge on any atom is -0.465 e. The molecule has 1 fully saturated rings. The number of halogens is 1. The summed E-state index contributed by atoms with van der Waals surface area (Å²) >= 11 is 0. The van der Waals surface area contributed by atoms with Gasteiger partial charge in [-0.15, -0.1) is 12.4 Å². The Hall–Kier alpha value is -1.33. The molecule has 106 valence electrons. The van der Waals surface area contributed by atoms with Crippen LogP contribution in [0.5, 0.6) is 0 Å². The molecule has 6 heteroatoms. The molecule has 1 aromatic rings. The maximum Gasteiger partial charge on any atom is 0.339 e. The molecule has 1 aliphatic heterocycles. The largest absolute Gasteiger partial charge is 0.465 e. The van der Waals surface area contributed by atoms with E-state index in [1.54, 1.807) is 0 Å². The first-order valence-electron chi connectivity index (χ1n) is 6.15. The van der Waals surface area contributed by atoms with E-state index in [1.807, 2.05) is 19.9 Å². The third-order valence-corrected chi connectivity index (χ3v) is 3.20. The van der Waals surface area contributed by atoms with Crippen LogP contribution in [0.4, 0.5) is 5.82 Å². The monoisotopic (exact) mass is 285 g/mol. The number of nitrogens with zero attached hydrogens (tertiary/aromatic N) is 1. The highest BCUT2D eigenvalue weighted by Gasteiger charge is 2.18. The highest BCUT2D eigenvalue weighted by Crippen LogP contribution is 2.18. The van der Waals surface area contributed by atoms with E-state index in [2.05, 4.69) is 15.6 Å². The number of rotatable bonds is 3. The van der Waals surface area contributed by atoms with Gasteiger partial charge < -0.3 is 15.4 Å². The summed E-state index contributed by atoms with van der Waals surface area (Å²) in [5.41, 5.74) is 2.16. The van der Waals surface area contributed by atoms with E-state index in [0.29, 0.717) is 17.3 Å². The van der Waals surface area contributed by atoms with Crippen LogP contribution >= 0.6 is 12.4 Å². The van der Waals surface area contributed by atoms with Crippen LogP contribution in [0, 0.1) is 13.8 Å². The number of hydrogen-bond donors (Lipinski definition) is 2. The van der Waals surface area contributed by atoms with Crippen LogP contribution in [-0.4, -0.2) is 37.2 Å². The van der Waals surface area contributed by atoms with E-state index in [0.717, 1.165) is 30.9 Å². The summed E-state index contributed by atoms with van der Waals surface area (Å²) in [6.45, 7) is 5.73. The van der Waals surface area contributed by atoms with Crippen molar-refractivity contribution in [1.29, 1.82) is 0 Å². The number of anilines is 1. The SMILES string of the molecule is COC(=O)c1c(C)cc(N[C@H]2CCNC2)nc1C.Cl. The van der Waals surface area contributed by atoms with E-state index in [1.165, 1.54) is 7.11 Å². The Morgan fingerprint density at radius 1 is 1.53 bits per heavy atom. The molecule has 0 aromatic carbocycles. The van der Waals surface area contributed by atoms with Gasteiger partial charge in [0.25, 0.3) is 0 Å². The first kappa shape index (κ1) is 15.7. The first-order valence-corrected chi connectivity index (χ1v) is 6.15. The Labute approximate surface area is 119 Å². The molecule has 0 unspecified atom stereocenters.